The highest BCUT2D eigenvalue weighted by atomic mass is 16.5. The third kappa shape index (κ3) is 3.67. The number of phenolic OH excluding ortho intramolecular Hbond substituents is 1. The van der Waals surface area contributed by atoms with E-state index in [4.69, 9.17) is 4.74 Å². The van der Waals surface area contributed by atoms with Crippen LogP contribution < -0.4 is 0 Å². The van der Waals surface area contributed by atoms with Crippen LogP contribution in [0.2, 0.25) is 0 Å². The Bertz CT molecular complexity index is 714. The lowest BCUT2D eigenvalue weighted by Crippen LogP contribution is -2.08. The van der Waals surface area contributed by atoms with E-state index in [0.717, 1.165) is 34.8 Å². The van der Waals surface area contributed by atoms with Gasteiger partial charge in [0, 0.05) is 5.57 Å². The Labute approximate surface area is 131 Å². The molecule has 0 atom stereocenters. The molecule has 0 heterocycles. The predicted molar refractivity (Wildman–Crippen MR) is 89.7 cm³/mol. The van der Waals surface area contributed by atoms with Gasteiger partial charge in [0.1, 0.15) is 5.75 Å². The number of hydrogen-bond donors (Lipinski definition) is 1. The maximum absolute atomic E-state index is 12.0. The van der Waals surface area contributed by atoms with Crippen molar-refractivity contribution >= 4 is 22.3 Å². The van der Waals surface area contributed by atoms with Crippen LogP contribution in [0.3, 0.4) is 0 Å². The molecule has 116 valence electrons. The molecule has 2 aromatic rings. The molecule has 0 bridgehead atoms. The molecule has 0 aliphatic rings. The normalized spacial score (nSPS) is 12.1. The van der Waals surface area contributed by atoms with E-state index in [2.05, 4.69) is 6.92 Å². The molecule has 0 saturated heterocycles. The molecule has 0 spiro atoms. The molecule has 0 unspecified atom stereocenters. The van der Waals surface area contributed by atoms with Gasteiger partial charge in [0.2, 0.25) is 0 Å². The molecule has 22 heavy (non-hydrogen) atoms. The number of allylic oxidation sites excluding steroid dienone is 1. The van der Waals surface area contributed by atoms with Gasteiger partial charge in [-0.2, -0.15) is 0 Å². The van der Waals surface area contributed by atoms with E-state index in [1.165, 1.54) is 0 Å². The van der Waals surface area contributed by atoms with Gasteiger partial charge in [0.25, 0.3) is 0 Å². The van der Waals surface area contributed by atoms with Crippen LogP contribution in [0, 0.1) is 0 Å². The summed E-state index contributed by atoms with van der Waals surface area (Å²) in [6, 6.07) is 11.2. The van der Waals surface area contributed by atoms with Gasteiger partial charge in [-0.25, -0.2) is 4.79 Å². The fourth-order valence-corrected chi connectivity index (χ4v) is 2.25. The predicted octanol–water partition coefficient (Wildman–Crippen LogP) is 4.68. The lowest BCUT2D eigenvalue weighted by Gasteiger charge is -2.10. The largest absolute Gasteiger partial charge is 0.508 e. The number of hydrogen-bond acceptors (Lipinski definition) is 3. The summed E-state index contributed by atoms with van der Waals surface area (Å²) in [5.41, 5.74) is 2.54. The standard InChI is InChI=1S/C19H22O3/c1-4-5-10-22-19(21)14(3)13(2)15-6-7-17-12-18(20)9-8-16(17)11-15/h6-9,11-12,20H,4-5,10H2,1-3H3/b14-13+. The minimum Gasteiger partial charge on any atom is -0.508 e. The third-order valence-corrected chi connectivity index (χ3v) is 3.86. The Hall–Kier alpha value is -2.29. The Balaban J connectivity index is 2.27. The second-order valence-corrected chi connectivity index (χ2v) is 5.49. The molecule has 0 radical (unpaired) electrons. The van der Waals surface area contributed by atoms with E-state index in [9.17, 15) is 9.90 Å². The number of esters is 1. The number of benzene rings is 2. The van der Waals surface area contributed by atoms with Crippen molar-refractivity contribution in [2.75, 3.05) is 6.61 Å². The maximum Gasteiger partial charge on any atom is 0.333 e. The highest BCUT2D eigenvalue weighted by Crippen LogP contribution is 2.26. The van der Waals surface area contributed by atoms with E-state index >= 15 is 0 Å². The zero-order chi connectivity index (χ0) is 16.1. The van der Waals surface area contributed by atoms with Crippen LogP contribution >= 0.6 is 0 Å². The van der Waals surface area contributed by atoms with Gasteiger partial charge in [-0.05, 0) is 60.4 Å². The van der Waals surface area contributed by atoms with Crippen molar-refractivity contribution in [2.45, 2.75) is 33.6 Å². The van der Waals surface area contributed by atoms with Crippen LogP contribution in [-0.2, 0) is 9.53 Å². The summed E-state index contributed by atoms with van der Waals surface area (Å²) < 4.78 is 5.26. The SMILES string of the molecule is CCCCOC(=O)/C(C)=C(\C)c1ccc2cc(O)ccc2c1. The Morgan fingerprint density at radius 1 is 1.09 bits per heavy atom. The van der Waals surface area contributed by atoms with Gasteiger partial charge in [-0.15, -0.1) is 0 Å². The monoisotopic (exact) mass is 298 g/mol. The highest BCUT2D eigenvalue weighted by molar-refractivity contribution is 5.98. The minimum absolute atomic E-state index is 0.253. The van der Waals surface area contributed by atoms with Crippen molar-refractivity contribution in [3.05, 3.63) is 47.5 Å². The molecule has 0 aliphatic carbocycles. The summed E-state index contributed by atoms with van der Waals surface area (Å²) >= 11 is 0. The van der Waals surface area contributed by atoms with Crippen molar-refractivity contribution < 1.29 is 14.6 Å². The second kappa shape index (κ2) is 7.12. The number of unbranched alkanes of at least 4 members (excludes halogenated alkanes) is 1. The first kappa shape index (κ1) is 16.1. The third-order valence-electron chi connectivity index (χ3n) is 3.86. The molecule has 0 aromatic heterocycles. The molecule has 0 saturated carbocycles. The van der Waals surface area contributed by atoms with Gasteiger partial charge >= 0.3 is 5.97 Å². The van der Waals surface area contributed by atoms with Gasteiger partial charge in [0.05, 0.1) is 6.61 Å². The first-order chi connectivity index (χ1) is 10.5. The minimum atomic E-state index is -0.253. The van der Waals surface area contributed by atoms with E-state index in [1.807, 2.05) is 31.2 Å². The number of phenols is 1. The van der Waals surface area contributed by atoms with Crippen molar-refractivity contribution in [1.82, 2.24) is 0 Å². The molecule has 1 N–H and O–H groups in total. The fraction of sp³-hybridized carbons (Fsp3) is 0.316. The van der Waals surface area contributed by atoms with Crippen molar-refractivity contribution in [1.29, 1.82) is 0 Å². The number of rotatable bonds is 5. The van der Waals surface area contributed by atoms with Crippen molar-refractivity contribution in [3.8, 4) is 5.75 Å². The maximum atomic E-state index is 12.0. The summed E-state index contributed by atoms with van der Waals surface area (Å²) in [5.74, 6) is -0.0000467. The van der Waals surface area contributed by atoms with Crippen LogP contribution in [0.5, 0.6) is 5.75 Å². The first-order valence-electron chi connectivity index (χ1n) is 7.60. The van der Waals surface area contributed by atoms with Crippen LogP contribution in [-0.4, -0.2) is 17.7 Å². The average Bonchev–Trinajstić information content (AvgIpc) is 2.53. The van der Waals surface area contributed by atoms with Crippen LogP contribution in [0.4, 0.5) is 0 Å². The van der Waals surface area contributed by atoms with Crippen LogP contribution in [0.15, 0.2) is 42.0 Å². The van der Waals surface area contributed by atoms with E-state index in [0.29, 0.717) is 12.2 Å². The molecule has 3 nitrogen and oxygen atoms in total. The average molecular weight is 298 g/mol. The van der Waals surface area contributed by atoms with E-state index in [-0.39, 0.29) is 11.7 Å². The summed E-state index contributed by atoms with van der Waals surface area (Å²) in [6.07, 6.45) is 1.89. The van der Waals surface area contributed by atoms with E-state index in [1.54, 1.807) is 19.1 Å². The van der Waals surface area contributed by atoms with Crippen LogP contribution in [0.25, 0.3) is 16.3 Å². The van der Waals surface area contributed by atoms with Gasteiger partial charge in [-0.3, -0.25) is 0 Å². The zero-order valence-electron chi connectivity index (χ0n) is 13.3. The molecule has 2 aromatic carbocycles. The van der Waals surface area contributed by atoms with Crippen molar-refractivity contribution in [3.63, 3.8) is 0 Å². The molecule has 2 rings (SSSR count). The lowest BCUT2D eigenvalue weighted by atomic mass is 9.99. The molecule has 0 amide bonds. The highest BCUT2D eigenvalue weighted by Gasteiger charge is 2.11. The molecule has 3 heteroatoms. The number of carbonyl (C=O) groups is 1. The Morgan fingerprint density at radius 3 is 2.50 bits per heavy atom. The van der Waals surface area contributed by atoms with Gasteiger partial charge < -0.3 is 9.84 Å². The molecule has 0 aliphatic heterocycles. The topological polar surface area (TPSA) is 46.5 Å². The van der Waals surface area contributed by atoms with Gasteiger partial charge in [-0.1, -0.05) is 31.5 Å². The Morgan fingerprint density at radius 2 is 1.77 bits per heavy atom. The number of fused-ring (bicyclic) bond motifs is 1. The summed E-state index contributed by atoms with van der Waals surface area (Å²) in [6.45, 7) is 6.26. The quantitative estimate of drug-likeness (QED) is 0.495. The van der Waals surface area contributed by atoms with Crippen molar-refractivity contribution in [2.24, 2.45) is 0 Å². The lowest BCUT2D eigenvalue weighted by molar-refractivity contribution is -0.139. The smallest absolute Gasteiger partial charge is 0.333 e. The summed E-state index contributed by atoms with van der Waals surface area (Å²) in [7, 11) is 0. The molecule has 0 fully saturated rings. The Kier molecular flexibility index (Phi) is 5.21. The fourth-order valence-electron chi connectivity index (χ4n) is 2.25. The van der Waals surface area contributed by atoms with Crippen LogP contribution in [0.1, 0.15) is 39.2 Å². The number of ether oxygens (including phenoxy) is 1. The first-order valence-corrected chi connectivity index (χ1v) is 7.60. The zero-order valence-corrected chi connectivity index (χ0v) is 13.3. The molecular weight excluding hydrogens is 276 g/mol. The number of carbonyl (C=O) groups excluding carboxylic acids is 1. The summed E-state index contributed by atoms with van der Waals surface area (Å²) in [4.78, 5) is 12.0. The second-order valence-electron chi connectivity index (χ2n) is 5.49. The van der Waals surface area contributed by atoms with E-state index < -0.39 is 0 Å². The number of aromatic hydroxyl groups is 1. The van der Waals surface area contributed by atoms with Gasteiger partial charge in [0.15, 0.2) is 0 Å². The molecular formula is C19H22O3. The summed E-state index contributed by atoms with van der Waals surface area (Å²) in [5, 5.41) is 11.5.